The van der Waals surface area contributed by atoms with Crippen LogP contribution in [0.2, 0.25) is 0 Å². The zero-order valence-electron chi connectivity index (χ0n) is 19.7. The molecule has 0 radical (unpaired) electrons. The minimum Gasteiger partial charge on any atom is -0.486 e. The van der Waals surface area contributed by atoms with Gasteiger partial charge in [-0.25, -0.2) is 12.8 Å². The van der Waals surface area contributed by atoms with Gasteiger partial charge in [-0.1, -0.05) is 17.3 Å². The number of sulfonamides is 1. The Hall–Kier alpha value is -3.63. The summed E-state index contributed by atoms with van der Waals surface area (Å²) in [7, 11) is -1.79. The van der Waals surface area contributed by atoms with E-state index in [9.17, 15) is 12.8 Å². The Labute approximate surface area is 208 Å². The molecule has 2 heterocycles. The van der Waals surface area contributed by atoms with Gasteiger partial charge in [0.05, 0.1) is 10.6 Å². The van der Waals surface area contributed by atoms with Crippen molar-refractivity contribution >= 4 is 26.7 Å². The number of nitrogens with one attached hydrogen (secondary N) is 1. The number of aryl methyl sites for hydroxylation is 1. The summed E-state index contributed by atoms with van der Waals surface area (Å²) in [6, 6.07) is 16.3. The predicted octanol–water partition coefficient (Wildman–Crippen LogP) is 4.60. The van der Waals surface area contributed by atoms with Crippen molar-refractivity contribution in [3.8, 4) is 11.5 Å². The highest BCUT2D eigenvalue weighted by molar-refractivity contribution is 7.92. The van der Waals surface area contributed by atoms with Gasteiger partial charge in [0.2, 0.25) is 0 Å². The first kappa shape index (κ1) is 24.1. The van der Waals surface area contributed by atoms with Gasteiger partial charge in [0.1, 0.15) is 19.0 Å². The lowest BCUT2D eigenvalue weighted by Gasteiger charge is -2.19. The molecule has 1 aliphatic rings. The van der Waals surface area contributed by atoms with Gasteiger partial charge in [-0.15, -0.1) is 0 Å². The fourth-order valence-corrected chi connectivity index (χ4v) is 5.25. The molecule has 5 rings (SSSR count). The van der Waals surface area contributed by atoms with E-state index in [1.807, 2.05) is 25.2 Å². The molecule has 0 spiro atoms. The lowest BCUT2D eigenvalue weighted by Crippen LogP contribution is -2.20. The SMILES string of the molecule is CN(CCCc1noc2cc(F)ccc12)Cc1cccc(NS(=O)(=O)c2ccc3c(c2)OCCO3)c1. The largest absolute Gasteiger partial charge is 0.486 e. The van der Waals surface area contributed by atoms with E-state index in [1.165, 1.54) is 24.3 Å². The molecule has 188 valence electrons. The Bertz CT molecular complexity index is 1490. The molecule has 1 N–H and O–H groups in total. The molecular weight excluding hydrogens is 485 g/mol. The van der Waals surface area contributed by atoms with Gasteiger partial charge in [-0.05, 0) is 68.4 Å². The smallest absolute Gasteiger partial charge is 0.262 e. The van der Waals surface area contributed by atoms with Crippen LogP contribution < -0.4 is 14.2 Å². The Morgan fingerprint density at radius 1 is 1.03 bits per heavy atom. The second-order valence-corrected chi connectivity index (χ2v) is 10.4. The van der Waals surface area contributed by atoms with E-state index in [0.29, 0.717) is 48.9 Å². The number of halogens is 1. The molecule has 0 saturated carbocycles. The van der Waals surface area contributed by atoms with Crippen LogP contribution in [0.4, 0.5) is 10.1 Å². The molecule has 0 aliphatic carbocycles. The summed E-state index contributed by atoms with van der Waals surface area (Å²) >= 11 is 0. The summed E-state index contributed by atoms with van der Waals surface area (Å²) in [5.74, 6) is 0.613. The van der Waals surface area contributed by atoms with Gasteiger partial charge in [-0.2, -0.15) is 0 Å². The summed E-state index contributed by atoms with van der Waals surface area (Å²) in [4.78, 5) is 2.26. The van der Waals surface area contributed by atoms with Crippen LogP contribution in [0.3, 0.4) is 0 Å². The van der Waals surface area contributed by atoms with E-state index in [1.54, 1.807) is 18.2 Å². The molecule has 0 atom stereocenters. The third-order valence-corrected chi connectivity index (χ3v) is 7.30. The van der Waals surface area contributed by atoms with E-state index < -0.39 is 10.0 Å². The number of aromatic nitrogens is 1. The van der Waals surface area contributed by atoms with Crippen LogP contribution in [-0.4, -0.2) is 45.3 Å². The zero-order chi connectivity index (χ0) is 25.1. The van der Waals surface area contributed by atoms with E-state index in [2.05, 4.69) is 14.8 Å². The van der Waals surface area contributed by atoms with Crippen molar-refractivity contribution in [2.45, 2.75) is 24.3 Å². The van der Waals surface area contributed by atoms with E-state index in [4.69, 9.17) is 14.0 Å². The van der Waals surface area contributed by atoms with Crippen LogP contribution in [-0.2, 0) is 23.0 Å². The van der Waals surface area contributed by atoms with E-state index in [0.717, 1.165) is 29.6 Å². The molecule has 1 aromatic heterocycles. The number of fused-ring (bicyclic) bond motifs is 2. The molecule has 10 heteroatoms. The van der Waals surface area contributed by atoms with Crippen molar-refractivity contribution in [2.24, 2.45) is 0 Å². The van der Waals surface area contributed by atoms with Crippen LogP contribution in [0.25, 0.3) is 11.0 Å². The molecule has 0 bridgehead atoms. The average Bonchev–Trinajstić information content (AvgIpc) is 3.25. The van der Waals surface area contributed by atoms with Crippen molar-refractivity contribution < 1.29 is 26.8 Å². The fourth-order valence-electron chi connectivity index (χ4n) is 4.19. The number of rotatable bonds is 9. The summed E-state index contributed by atoms with van der Waals surface area (Å²) in [6.07, 6.45) is 1.55. The first-order chi connectivity index (χ1) is 17.4. The maximum Gasteiger partial charge on any atom is 0.262 e. The van der Waals surface area contributed by atoms with Crippen LogP contribution in [0.15, 0.2) is 70.1 Å². The van der Waals surface area contributed by atoms with Crippen molar-refractivity contribution in [3.63, 3.8) is 0 Å². The molecule has 3 aromatic carbocycles. The fraction of sp³-hybridized carbons (Fsp3) is 0.269. The molecule has 1 aliphatic heterocycles. The Kier molecular flexibility index (Phi) is 6.80. The second-order valence-electron chi connectivity index (χ2n) is 8.72. The van der Waals surface area contributed by atoms with Crippen LogP contribution in [0.5, 0.6) is 11.5 Å². The van der Waals surface area contributed by atoms with Gasteiger partial charge >= 0.3 is 0 Å². The number of hydrogen-bond donors (Lipinski definition) is 1. The van der Waals surface area contributed by atoms with Gasteiger partial charge in [-0.3, -0.25) is 4.72 Å². The molecule has 0 fully saturated rings. The van der Waals surface area contributed by atoms with E-state index in [-0.39, 0.29) is 10.7 Å². The molecule has 0 saturated heterocycles. The minimum atomic E-state index is -3.79. The predicted molar refractivity (Wildman–Crippen MR) is 133 cm³/mol. The Morgan fingerprint density at radius 3 is 2.72 bits per heavy atom. The molecule has 0 amide bonds. The number of ether oxygens (including phenoxy) is 2. The standard InChI is InChI=1S/C26H26FN3O5S/c1-30(11-3-6-23-22-9-7-19(27)15-25(22)35-28-23)17-18-4-2-5-20(14-18)29-36(31,32)21-8-10-24-26(16-21)34-13-12-33-24/h2,4-5,7-10,14-16,29H,3,6,11-13,17H2,1H3. The minimum absolute atomic E-state index is 0.109. The maximum atomic E-state index is 13.3. The maximum absolute atomic E-state index is 13.3. The molecule has 36 heavy (non-hydrogen) atoms. The van der Waals surface area contributed by atoms with Crippen molar-refractivity contribution in [2.75, 3.05) is 31.5 Å². The topological polar surface area (TPSA) is 93.9 Å². The summed E-state index contributed by atoms with van der Waals surface area (Å²) in [6.45, 7) is 2.26. The third-order valence-electron chi connectivity index (χ3n) is 5.92. The Balaban J connectivity index is 1.18. The number of nitrogens with zero attached hydrogens (tertiary/aromatic N) is 2. The van der Waals surface area contributed by atoms with Gasteiger partial charge < -0.3 is 18.9 Å². The van der Waals surface area contributed by atoms with E-state index >= 15 is 0 Å². The van der Waals surface area contributed by atoms with Crippen LogP contribution in [0.1, 0.15) is 17.7 Å². The van der Waals surface area contributed by atoms with Crippen molar-refractivity contribution in [1.29, 1.82) is 0 Å². The first-order valence-corrected chi connectivity index (χ1v) is 13.1. The average molecular weight is 512 g/mol. The van der Waals surface area contributed by atoms with Crippen LogP contribution >= 0.6 is 0 Å². The monoisotopic (exact) mass is 511 g/mol. The van der Waals surface area contributed by atoms with Crippen LogP contribution in [0, 0.1) is 5.82 Å². The number of anilines is 1. The van der Waals surface area contributed by atoms with Gasteiger partial charge in [0.15, 0.2) is 17.1 Å². The lowest BCUT2D eigenvalue weighted by molar-refractivity contribution is 0.171. The first-order valence-electron chi connectivity index (χ1n) is 11.6. The summed E-state index contributed by atoms with van der Waals surface area (Å²) in [5.41, 5.74) is 2.72. The third kappa shape index (κ3) is 5.44. The molecule has 0 unspecified atom stereocenters. The molecule has 8 nitrogen and oxygen atoms in total. The highest BCUT2D eigenvalue weighted by Crippen LogP contribution is 2.32. The number of hydrogen-bond acceptors (Lipinski definition) is 7. The van der Waals surface area contributed by atoms with Crippen molar-refractivity contribution in [3.05, 3.63) is 77.7 Å². The van der Waals surface area contributed by atoms with Gasteiger partial charge in [0.25, 0.3) is 10.0 Å². The second kappa shape index (κ2) is 10.2. The quantitative estimate of drug-likeness (QED) is 0.351. The van der Waals surface area contributed by atoms with Crippen molar-refractivity contribution in [1.82, 2.24) is 10.1 Å². The normalized spacial score (nSPS) is 13.3. The summed E-state index contributed by atoms with van der Waals surface area (Å²) in [5, 5.41) is 4.90. The highest BCUT2D eigenvalue weighted by atomic mass is 32.2. The summed E-state index contributed by atoms with van der Waals surface area (Å²) < 4.78 is 58.1. The Morgan fingerprint density at radius 2 is 1.86 bits per heavy atom. The lowest BCUT2D eigenvalue weighted by atomic mass is 10.1. The molecule has 4 aromatic rings. The van der Waals surface area contributed by atoms with Gasteiger partial charge in [0, 0.05) is 29.8 Å². The number of benzene rings is 3. The highest BCUT2D eigenvalue weighted by Gasteiger charge is 2.20. The zero-order valence-corrected chi connectivity index (χ0v) is 20.6. The molecular formula is C26H26FN3O5S.